The second-order valence-electron chi connectivity index (χ2n) is 6.53. The van der Waals surface area contributed by atoms with Gasteiger partial charge in [-0.3, -0.25) is 9.69 Å². The number of β-amino-alcohol motifs (C(OH)–C–C–N with tert-alkyl or cyclic N) is 1. The Kier molecular flexibility index (Phi) is 5.65. The molecule has 2 aliphatic heterocycles. The van der Waals surface area contributed by atoms with E-state index in [1.54, 1.807) is 4.90 Å². The molecular weight excluding hydrogens is 292 g/mol. The Morgan fingerprint density at radius 3 is 2.65 bits per heavy atom. The molecule has 1 N–H and O–H groups in total. The molecule has 126 valence electrons. The van der Waals surface area contributed by atoms with Crippen molar-refractivity contribution in [2.24, 2.45) is 0 Å². The molecular formula is C18H26N2O3. The highest BCUT2D eigenvalue weighted by Gasteiger charge is 2.25. The molecule has 2 fully saturated rings. The first-order valence-corrected chi connectivity index (χ1v) is 8.53. The van der Waals surface area contributed by atoms with Crippen LogP contribution >= 0.6 is 0 Å². The molecule has 1 amide bonds. The van der Waals surface area contributed by atoms with Gasteiger partial charge in [-0.2, -0.15) is 0 Å². The molecule has 2 saturated heterocycles. The fourth-order valence-electron chi connectivity index (χ4n) is 3.46. The zero-order valence-electron chi connectivity index (χ0n) is 13.6. The molecule has 0 saturated carbocycles. The summed E-state index contributed by atoms with van der Waals surface area (Å²) in [6, 6.07) is 10.6. The van der Waals surface area contributed by atoms with E-state index in [1.165, 1.54) is 5.56 Å². The fourth-order valence-corrected chi connectivity index (χ4v) is 3.46. The van der Waals surface area contributed by atoms with Crippen LogP contribution < -0.4 is 0 Å². The molecule has 2 aliphatic rings. The minimum atomic E-state index is -0.565. The third-order valence-electron chi connectivity index (χ3n) is 4.82. The Labute approximate surface area is 137 Å². The van der Waals surface area contributed by atoms with E-state index in [-0.39, 0.29) is 5.91 Å². The van der Waals surface area contributed by atoms with Crippen molar-refractivity contribution in [2.45, 2.75) is 24.9 Å². The van der Waals surface area contributed by atoms with Crippen LogP contribution in [-0.4, -0.2) is 72.9 Å². The van der Waals surface area contributed by atoms with Crippen LogP contribution in [0.15, 0.2) is 30.3 Å². The van der Waals surface area contributed by atoms with Crippen LogP contribution in [0, 0.1) is 0 Å². The summed E-state index contributed by atoms with van der Waals surface area (Å²) in [7, 11) is 0. The van der Waals surface area contributed by atoms with Gasteiger partial charge >= 0.3 is 0 Å². The maximum Gasteiger partial charge on any atom is 0.236 e. The summed E-state index contributed by atoms with van der Waals surface area (Å²) in [5.41, 5.74) is 1.41. The lowest BCUT2D eigenvalue weighted by atomic mass is 9.89. The number of amides is 1. The average Bonchev–Trinajstić information content (AvgIpc) is 2.81. The van der Waals surface area contributed by atoms with Crippen molar-refractivity contribution in [3.63, 3.8) is 0 Å². The number of benzene rings is 1. The topological polar surface area (TPSA) is 53.0 Å². The van der Waals surface area contributed by atoms with Gasteiger partial charge in [-0.25, -0.2) is 0 Å². The molecule has 1 aromatic rings. The third kappa shape index (κ3) is 4.53. The molecule has 0 spiro atoms. The predicted molar refractivity (Wildman–Crippen MR) is 88.3 cm³/mol. The van der Waals surface area contributed by atoms with Crippen LogP contribution in [0.5, 0.6) is 0 Å². The van der Waals surface area contributed by atoms with Gasteiger partial charge in [0.25, 0.3) is 0 Å². The van der Waals surface area contributed by atoms with Crippen LogP contribution in [-0.2, 0) is 9.53 Å². The molecule has 1 unspecified atom stereocenters. The highest BCUT2D eigenvalue weighted by molar-refractivity contribution is 5.78. The predicted octanol–water partition coefficient (Wildman–Crippen LogP) is 1.09. The SMILES string of the molecule is O=C(CN1CCC(c2ccccc2)CC1)N1CCOCC(O)C1. The summed E-state index contributed by atoms with van der Waals surface area (Å²) in [6.07, 6.45) is 1.64. The van der Waals surface area contributed by atoms with E-state index in [2.05, 4.69) is 35.2 Å². The number of carbonyl (C=O) groups is 1. The number of aliphatic hydroxyl groups is 1. The molecule has 1 aromatic carbocycles. The maximum absolute atomic E-state index is 12.4. The molecule has 0 aliphatic carbocycles. The molecule has 5 heteroatoms. The van der Waals surface area contributed by atoms with Crippen molar-refractivity contribution in [3.8, 4) is 0 Å². The van der Waals surface area contributed by atoms with Crippen molar-refractivity contribution in [3.05, 3.63) is 35.9 Å². The van der Waals surface area contributed by atoms with Gasteiger partial charge in [0.2, 0.25) is 5.91 Å². The van der Waals surface area contributed by atoms with Crippen LogP contribution in [0.25, 0.3) is 0 Å². The van der Waals surface area contributed by atoms with Crippen molar-refractivity contribution < 1.29 is 14.6 Å². The number of ether oxygens (including phenoxy) is 1. The van der Waals surface area contributed by atoms with Crippen molar-refractivity contribution >= 4 is 5.91 Å². The van der Waals surface area contributed by atoms with Crippen molar-refractivity contribution in [2.75, 3.05) is 45.9 Å². The first kappa shape index (κ1) is 16.4. The zero-order chi connectivity index (χ0) is 16.1. The number of rotatable bonds is 3. The van der Waals surface area contributed by atoms with E-state index in [0.29, 0.717) is 38.8 Å². The van der Waals surface area contributed by atoms with E-state index >= 15 is 0 Å². The normalized spacial score (nSPS) is 24.4. The van der Waals surface area contributed by atoms with Crippen LogP contribution in [0.1, 0.15) is 24.3 Å². The Morgan fingerprint density at radius 2 is 1.91 bits per heavy atom. The molecule has 5 nitrogen and oxygen atoms in total. The van der Waals surface area contributed by atoms with E-state index < -0.39 is 6.10 Å². The number of nitrogens with zero attached hydrogens (tertiary/aromatic N) is 2. The number of hydrogen-bond acceptors (Lipinski definition) is 4. The summed E-state index contributed by atoms with van der Waals surface area (Å²) in [6.45, 7) is 4.17. The highest BCUT2D eigenvalue weighted by Crippen LogP contribution is 2.27. The van der Waals surface area contributed by atoms with Gasteiger partial charge in [-0.15, -0.1) is 0 Å². The molecule has 23 heavy (non-hydrogen) atoms. The zero-order valence-corrected chi connectivity index (χ0v) is 13.6. The van der Waals surface area contributed by atoms with Crippen LogP contribution in [0.2, 0.25) is 0 Å². The largest absolute Gasteiger partial charge is 0.389 e. The first-order chi connectivity index (χ1) is 11.2. The maximum atomic E-state index is 12.4. The second-order valence-corrected chi connectivity index (χ2v) is 6.53. The smallest absolute Gasteiger partial charge is 0.236 e. The molecule has 1 atom stereocenters. The molecule has 0 aromatic heterocycles. The third-order valence-corrected chi connectivity index (χ3v) is 4.82. The highest BCUT2D eigenvalue weighted by atomic mass is 16.5. The lowest BCUT2D eigenvalue weighted by Gasteiger charge is -2.33. The van der Waals surface area contributed by atoms with E-state index in [1.807, 2.05) is 0 Å². The van der Waals surface area contributed by atoms with Crippen LogP contribution in [0.3, 0.4) is 0 Å². The summed E-state index contributed by atoms with van der Waals surface area (Å²) in [4.78, 5) is 16.4. The average molecular weight is 318 g/mol. The second kappa shape index (κ2) is 7.90. The number of likely N-dealkylation sites (tertiary alicyclic amines) is 1. The number of piperidine rings is 1. The molecule has 0 bridgehead atoms. The van der Waals surface area contributed by atoms with Crippen molar-refractivity contribution in [1.29, 1.82) is 0 Å². The quantitative estimate of drug-likeness (QED) is 0.906. The summed E-state index contributed by atoms with van der Waals surface area (Å²) in [5.74, 6) is 0.712. The van der Waals surface area contributed by atoms with Gasteiger partial charge in [0.05, 0.1) is 25.9 Å². The van der Waals surface area contributed by atoms with Gasteiger partial charge in [0.15, 0.2) is 0 Å². The number of hydrogen-bond donors (Lipinski definition) is 1. The minimum Gasteiger partial charge on any atom is -0.389 e. The summed E-state index contributed by atoms with van der Waals surface area (Å²) >= 11 is 0. The Hall–Kier alpha value is -1.43. The van der Waals surface area contributed by atoms with E-state index in [0.717, 1.165) is 25.9 Å². The van der Waals surface area contributed by atoms with Gasteiger partial charge in [-0.1, -0.05) is 30.3 Å². The fraction of sp³-hybridized carbons (Fsp3) is 0.611. The Bertz CT molecular complexity index is 500. The monoisotopic (exact) mass is 318 g/mol. The van der Waals surface area contributed by atoms with E-state index in [4.69, 9.17) is 4.74 Å². The van der Waals surface area contributed by atoms with E-state index in [9.17, 15) is 9.90 Å². The van der Waals surface area contributed by atoms with Crippen LogP contribution in [0.4, 0.5) is 0 Å². The van der Waals surface area contributed by atoms with Gasteiger partial charge in [0.1, 0.15) is 0 Å². The van der Waals surface area contributed by atoms with Gasteiger partial charge < -0.3 is 14.7 Å². The summed E-state index contributed by atoms with van der Waals surface area (Å²) < 4.78 is 5.28. The minimum absolute atomic E-state index is 0.104. The molecule has 2 heterocycles. The summed E-state index contributed by atoms with van der Waals surface area (Å²) in [5, 5.41) is 9.74. The first-order valence-electron chi connectivity index (χ1n) is 8.53. The molecule has 3 rings (SSSR count). The van der Waals surface area contributed by atoms with Gasteiger partial charge in [-0.05, 0) is 37.4 Å². The van der Waals surface area contributed by atoms with Crippen molar-refractivity contribution in [1.82, 2.24) is 9.80 Å². The molecule has 0 radical (unpaired) electrons. The lowest BCUT2D eigenvalue weighted by molar-refractivity contribution is -0.133. The van der Waals surface area contributed by atoms with Gasteiger partial charge in [0, 0.05) is 13.1 Å². The number of aliphatic hydroxyl groups excluding tert-OH is 1. The Morgan fingerprint density at radius 1 is 1.17 bits per heavy atom. The lowest BCUT2D eigenvalue weighted by Crippen LogP contribution is -2.45. The number of carbonyl (C=O) groups excluding carboxylic acids is 1. The Balaban J connectivity index is 1.47. The standard InChI is InChI=1S/C18H26N2O3/c21-17-12-20(10-11-23-14-17)18(22)13-19-8-6-16(7-9-19)15-4-2-1-3-5-15/h1-5,16-17,21H,6-14H2.